The van der Waals surface area contributed by atoms with Gasteiger partial charge in [-0.1, -0.05) is 18.2 Å². The number of imidazole rings is 1. The van der Waals surface area contributed by atoms with Crippen molar-refractivity contribution in [1.29, 1.82) is 0 Å². The van der Waals surface area contributed by atoms with Crippen LogP contribution in [0.25, 0.3) is 11.2 Å². The Kier molecular flexibility index (Phi) is 6.28. The van der Waals surface area contributed by atoms with Crippen molar-refractivity contribution in [3.63, 3.8) is 0 Å². The number of carbonyl (C=O) groups is 1. The maximum atomic E-state index is 12.5. The molecule has 31 heavy (non-hydrogen) atoms. The number of ether oxygens (including phenoxy) is 1. The van der Waals surface area contributed by atoms with E-state index in [0.29, 0.717) is 11.2 Å². The van der Waals surface area contributed by atoms with E-state index in [0.717, 1.165) is 0 Å². The molecular formula is C17H16N5NaO7P+. The van der Waals surface area contributed by atoms with Crippen LogP contribution in [0.3, 0.4) is 0 Å². The first-order valence-corrected chi connectivity index (χ1v) is 10.5. The van der Waals surface area contributed by atoms with E-state index in [1.54, 1.807) is 30.3 Å². The summed E-state index contributed by atoms with van der Waals surface area (Å²) in [5, 5.41) is 13.3. The van der Waals surface area contributed by atoms with E-state index < -0.39 is 32.4 Å². The summed E-state index contributed by atoms with van der Waals surface area (Å²) >= 11 is 0. The summed E-state index contributed by atoms with van der Waals surface area (Å²) in [6.07, 6.45) is -1.42. The Hall–Kier alpha value is -1.73. The van der Waals surface area contributed by atoms with Crippen LogP contribution in [0, 0.1) is 0 Å². The quantitative estimate of drug-likeness (QED) is 0.293. The van der Waals surface area contributed by atoms with E-state index >= 15 is 0 Å². The van der Waals surface area contributed by atoms with E-state index in [1.165, 1.54) is 17.2 Å². The van der Waals surface area contributed by atoms with Crippen LogP contribution in [-0.2, 0) is 18.3 Å². The first kappa shape index (κ1) is 22.5. The van der Waals surface area contributed by atoms with E-state index in [-0.39, 0.29) is 53.4 Å². The van der Waals surface area contributed by atoms with Gasteiger partial charge in [-0.15, -0.1) is 0 Å². The van der Waals surface area contributed by atoms with Crippen molar-refractivity contribution >= 4 is 30.7 Å². The molecule has 0 aliphatic carbocycles. The summed E-state index contributed by atoms with van der Waals surface area (Å²) in [5.41, 5.74) is 1.04. The second kappa shape index (κ2) is 8.66. The van der Waals surface area contributed by atoms with Gasteiger partial charge in [-0.3, -0.25) is 18.4 Å². The van der Waals surface area contributed by atoms with Crippen molar-refractivity contribution in [2.75, 3.05) is 11.9 Å². The molecule has 2 fully saturated rings. The molecule has 2 aliphatic rings. The molecule has 1 amide bonds. The van der Waals surface area contributed by atoms with Crippen LogP contribution >= 0.6 is 7.82 Å². The molecule has 1 unspecified atom stereocenters. The zero-order valence-electron chi connectivity index (χ0n) is 16.2. The summed E-state index contributed by atoms with van der Waals surface area (Å²) in [5.74, 6) is -0.172. The number of aromatic nitrogens is 4. The van der Waals surface area contributed by atoms with Gasteiger partial charge in [0.2, 0.25) is 0 Å². The number of anilines is 1. The molecule has 3 N–H and O–H groups in total. The van der Waals surface area contributed by atoms with Gasteiger partial charge in [-0.25, -0.2) is 19.5 Å². The number of aliphatic hydroxyl groups is 1. The van der Waals surface area contributed by atoms with Gasteiger partial charge in [0.25, 0.3) is 5.91 Å². The second-order valence-corrected chi connectivity index (χ2v) is 8.16. The Morgan fingerprint density at radius 2 is 2.00 bits per heavy atom. The second-order valence-electron chi connectivity index (χ2n) is 6.76. The number of benzene rings is 1. The number of hydrogen-bond donors (Lipinski definition) is 3. The van der Waals surface area contributed by atoms with Crippen LogP contribution < -0.4 is 34.9 Å². The predicted octanol–water partition coefficient (Wildman–Crippen LogP) is -2.14. The molecule has 0 saturated carbocycles. The van der Waals surface area contributed by atoms with Crippen LogP contribution in [0.2, 0.25) is 0 Å². The number of hydrogen-bond acceptors (Lipinski definition) is 9. The fourth-order valence-corrected chi connectivity index (χ4v) is 4.43. The molecular weight excluding hydrogens is 440 g/mol. The molecule has 2 aliphatic heterocycles. The van der Waals surface area contributed by atoms with Gasteiger partial charge in [0.15, 0.2) is 23.2 Å². The molecule has 2 saturated heterocycles. The minimum atomic E-state index is -4.24. The fraction of sp³-hybridized carbons (Fsp3) is 0.294. The third-order valence-electron chi connectivity index (χ3n) is 4.87. The van der Waals surface area contributed by atoms with Crippen molar-refractivity contribution < 1.29 is 62.7 Å². The molecule has 156 valence electrons. The van der Waals surface area contributed by atoms with Gasteiger partial charge in [-0.05, 0) is 12.1 Å². The number of nitrogens with zero attached hydrogens (tertiary/aromatic N) is 4. The monoisotopic (exact) mass is 456 g/mol. The summed E-state index contributed by atoms with van der Waals surface area (Å²) < 4.78 is 28.6. The predicted molar refractivity (Wildman–Crippen MR) is 100 cm³/mol. The van der Waals surface area contributed by atoms with Gasteiger partial charge in [-0.2, -0.15) is 0 Å². The van der Waals surface area contributed by atoms with Crippen LogP contribution in [0.5, 0.6) is 0 Å². The maximum absolute atomic E-state index is 12.5. The van der Waals surface area contributed by atoms with Gasteiger partial charge in [0, 0.05) is 5.56 Å². The molecule has 12 nitrogen and oxygen atoms in total. The van der Waals surface area contributed by atoms with Crippen LogP contribution in [0.4, 0.5) is 5.82 Å². The van der Waals surface area contributed by atoms with E-state index in [9.17, 15) is 19.4 Å². The third-order valence-corrected chi connectivity index (χ3v) is 5.85. The topological polar surface area (TPSA) is 158 Å². The Morgan fingerprint density at radius 3 is 2.77 bits per heavy atom. The van der Waals surface area contributed by atoms with Crippen molar-refractivity contribution in [1.82, 2.24) is 19.5 Å². The number of phosphoric ester groups is 1. The minimum absolute atomic E-state index is 0. The Morgan fingerprint density at radius 1 is 1.23 bits per heavy atom. The molecule has 5 rings (SSSR count). The van der Waals surface area contributed by atoms with E-state index in [4.69, 9.17) is 13.8 Å². The molecule has 1 aromatic carbocycles. The summed E-state index contributed by atoms with van der Waals surface area (Å²) in [6, 6.07) is 8.62. The first-order valence-electron chi connectivity index (χ1n) is 8.96. The van der Waals surface area contributed by atoms with Crippen LogP contribution in [0.1, 0.15) is 16.6 Å². The number of phosphoric acid groups is 1. The number of carbonyl (C=O) groups excluding carboxylic acids is 1. The molecule has 2 aromatic heterocycles. The van der Waals surface area contributed by atoms with Gasteiger partial charge >= 0.3 is 37.4 Å². The largest absolute Gasteiger partial charge is 1.00 e. The van der Waals surface area contributed by atoms with E-state index in [2.05, 4.69) is 20.3 Å². The summed E-state index contributed by atoms with van der Waals surface area (Å²) in [4.78, 5) is 34.5. The normalized spacial score (nSPS) is 29.9. The Labute approximate surface area is 197 Å². The van der Waals surface area contributed by atoms with Gasteiger partial charge in [0.1, 0.15) is 24.6 Å². The zero-order valence-corrected chi connectivity index (χ0v) is 19.1. The number of fused-ring (bicyclic) bond motifs is 2. The summed E-state index contributed by atoms with van der Waals surface area (Å²) in [6.45, 7) is -0.202. The molecule has 0 spiro atoms. The fourth-order valence-electron chi connectivity index (χ4n) is 3.46. The van der Waals surface area contributed by atoms with Crippen molar-refractivity contribution in [2.24, 2.45) is 0 Å². The SMILES string of the molecule is O=C(Nc1ncnc2c1ncn2[C@@H]1O[C@@H]2COP(=O)(O)O[C@H]2[C@H]1O)c1ccccc1.[Na+]. The first-order chi connectivity index (χ1) is 14.4. The standard InChI is InChI=1S/C17H16N5O7P.Na/c23-12-13-10(6-27-30(25,26)29-13)28-17(12)22-8-20-11-14(18-7-19-15(11)22)21-16(24)9-4-2-1-3-5-9;/h1-5,7-8,10,12-13,17,23H,6H2,(H,25,26)(H,18,19,21,24);/q;+1/t10-,12-,13-,17-;/m1./s1. The average Bonchev–Trinajstić information content (AvgIpc) is 3.30. The van der Waals surface area contributed by atoms with Gasteiger partial charge < -0.3 is 20.1 Å². The third kappa shape index (κ3) is 4.19. The molecule has 14 heteroatoms. The van der Waals surface area contributed by atoms with Gasteiger partial charge in [0.05, 0.1) is 12.9 Å². The number of rotatable bonds is 3. The minimum Gasteiger partial charge on any atom is -0.386 e. The van der Waals surface area contributed by atoms with Crippen molar-refractivity contribution in [3.05, 3.63) is 48.5 Å². The molecule has 4 heterocycles. The molecule has 3 aromatic rings. The maximum Gasteiger partial charge on any atom is 1.00 e. The Balaban J connectivity index is 0.00000231. The number of nitrogens with one attached hydrogen (secondary N) is 1. The molecule has 0 radical (unpaired) electrons. The smallest absolute Gasteiger partial charge is 0.386 e. The average molecular weight is 456 g/mol. The van der Waals surface area contributed by atoms with Crippen LogP contribution in [0.15, 0.2) is 43.0 Å². The zero-order chi connectivity index (χ0) is 20.9. The van der Waals surface area contributed by atoms with E-state index in [1.807, 2.05) is 0 Å². The molecule has 5 atom stereocenters. The van der Waals surface area contributed by atoms with Crippen molar-refractivity contribution in [3.8, 4) is 0 Å². The van der Waals surface area contributed by atoms with Crippen LogP contribution in [-0.4, -0.2) is 60.3 Å². The van der Waals surface area contributed by atoms with Crippen molar-refractivity contribution in [2.45, 2.75) is 24.5 Å². The Bertz CT molecular complexity index is 1160. The summed E-state index contributed by atoms with van der Waals surface area (Å²) in [7, 11) is -4.24. The number of amides is 1. The number of aliphatic hydroxyl groups excluding tert-OH is 1. The molecule has 0 bridgehead atoms.